The maximum atomic E-state index is 12.9. The Morgan fingerprint density at radius 2 is 1.67 bits per heavy atom. The lowest BCUT2D eigenvalue weighted by molar-refractivity contribution is -0.137. The molecular weight excluding hydrogens is 487 g/mol. The molecule has 180 valence electrons. The lowest BCUT2D eigenvalue weighted by Crippen LogP contribution is -2.31. The van der Waals surface area contributed by atoms with E-state index in [0.29, 0.717) is 29.7 Å². The summed E-state index contributed by atoms with van der Waals surface area (Å²) < 4.78 is 44.7. The van der Waals surface area contributed by atoms with E-state index < -0.39 is 11.7 Å². The Hall–Kier alpha value is -3.97. The quantitative estimate of drug-likeness (QED) is 0.271. The Labute approximate surface area is 209 Å². The summed E-state index contributed by atoms with van der Waals surface area (Å²) in [4.78, 5) is 10.1. The number of rotatable bonds is 3. The van der Waals surface area contributed by atoms with Crippen LogP contribution in [0.4, 0.5) is 18.9 Å². The molecule has 1 N–H and O–H groups in total. The molecule has 0 saturated heterocycles. The SMILES string of the molecule is FC(F)(F)c1ccc(-c2ccc3c(c2)OCN(c2ccc(Cl)c(-c4nc5ccccc5[nH]4)c2)C3)cc1. The summed E-state index contributed by atoms with van der Waals surface area (Å²) in [5.41, 5.74) is 5.36. The van der Waals surface area contributed by atoms with Crippen LogP contribution >= 0.6 is 11.6 Å². The van der Waals surface area contributed by atoms with Crippen LogP contribution in [-0.2, 0) is 12.7 Å². The Morgan fingerprint density at radius 1 is 0.889 bits per heavy atom. The third kappa shape index (κ3) is 4.16. The summed E-state index contributed by atoms with van der Waals surface area (Å²) in [6.07, 6.45) is -4.35. The van der Waals surface area contributed by atoms with Crippen molar-refractivity contribution in [3.05, 3.63) is 101 Å². The monoisotopic (exact) mass is 505 g/mol. The molecule has 0 amide bonds. The molecule has 0 fully saturated rings. The summed E-state index contributed by atoms with van der Waals surface area (Å²) in [7, 11) is 0. The van der Waals surface area contributed by atoms with Crippen LogP contribution in [0.3, 0.4) is 0 Å². The van der Waals surface area contributed by atoms with Gasteiger partial charge in [-0.3, -0.25) is 0 Å². The van der Waals surface area contributed by atoms with Crippen molar-refractivity contribution in [3.63, 3.8) is 0 Å². The van der Waals surface area contributed by atoms with Crippen LogP contribution < -0.4 is 9.64 Å². The van der Waals surface area contributed by atoms with Crippen molar-refractivity contribution in [2.45, 2.75) is 12.7 Å². The Morgan fingerprint density at radius 3 is 2.44 bits per heavy atom. The van der Waals surface area contributed by atoms with Gasteiger partial charge in [0.1, 0.15) is 11.6 Å². The normalized spacial score (nSPS) is 13.5. The molecule has 0 unspecified atom stereocenters. The van der Waals surface area contributed by atoms with Gasteiger partial charge in [-0.25, -0.2) is 4.98 Å². The summed E-state index contributed by atoms with van der Waals surface area (Å²) in [6.45, 7) is 0.939. The van der Waals surface area contributed by atoms with Crippen molar-refractivity contribution in [2.75, 3.05) is 11.6 Å². The molecule has 0 saturated carbocycles. The van der Waals surface area contributed by atoms with Crippen molar-refractivity contribution in [3.8, 4) is 28.3 Å². The second-order valence-corrected chi connectivity index (χ2v) is 9.04. The maximum absolute atomic E-state index is 12.9. The predicted octanol–water partition coefficient (Wildman–Crippen LogP) is 7.93. The van der Waals surface area contributed by atoms with E-state index in [4.69, 9.17) is 16.3 Å². The number of nitrogens with zero attached hydrogens (tertiary/aromatic N) is 2. The maximum Gasteiger partial charge on any atom is 0.416 e. The minimum atomic E-state index is -4.35. The number of hydrogen-bond donors (Lipinski definition) is 1. The van der Waals surface area contributed by atoms with Crippen molar-refractivity contribution in [1.82, 2.24) is 9.97 Å². The van der Waals surface area contributed by atoms with E-state index in [1.165, 1.54) is 12.1 Å². The van der Waals surface area contributed by atoms with Crippen LogP contribution in [0.1, 0.15) is 11.1 Å². The molecule has 8 heteroatoms. The molecule has 0 radical (unpaired) electrons. The zero-order valence-electron chi connectivity index (χ0n) is 18.8. The molecular formula is C28H19ClF3N3O. The fourth-order valence-electron chi connectivity index (χ4n) is 4.39. The van der Waals surface area contributed by atoms with Gasteiger partial charge in [0.2, 0.25) is 0 Å². The zero-order chi connectivity index (χ0) is 24.9. The van der Waals surface area contributed by atoms with Crippen LogP contribution in [0.25, 0.3) is 33.5 Å². The number of aromatic amines is 1. The van der Waals surface area contributed by atoms with Gasteiger partial charge >= 0.3 is 6.18 Å². The molecule has 1 aliphatic heterocycles. The van der Waals surface area contributed by atoms with E-state index in [1.54, 1.807) is 0 Å². The van der Waals surface area contributed by atoms with Crippen molar-refractivity contribution >= 4 is 28.3 Å². The van der Waals surface area contributed by atoms with Crippen molar-refractivity contribution in [2.24, 2.45) is 0 Å². The molecule has 4 aromatic carbocycles. The fraction of sp³-hybridized carbons (Fsp3) is 0.107. The first-order chi connectivity index (χ1) is 17.3. The second kappa shape index (κ2) is 8.60. The summed E-state index contributed by atoms with van der Waals surface area (Å²) in [5, 5.41) is 0.595. The molecule has 0 aliphatic carbocycles. The fourth-order valence-corrected chi connectivity index (χ4v) is 4.59. The first kappa shape index (κ1) is 22.5. The molecule has 4 nitrogen and oxygen atoms in total. The third-order valence-corrected chi connectivity index (χ3v) is 6.64. The molecule has 0 bridgehead atoms. The molecule has 0 atom stereocenters. The lowest BCUT2D eigenvalue weighted by atomic mass is 10.0. The van der Waals surface area contributed by atoms with E-state index >= 15 is 0 Å². The van der Waals surface area contributed by atoms with Crippen molar-refractivity contribution in [1.29, 1.82) is 0 Å². The van der Waals surface area contributed by atoms with Gasteiger partial charge in [0.15, 0.2) is 6.73 Å². The topological polar surface area (TPSA) is 41.1 Å². The number of ether oxygens (including phenoxy) is 1. The highest BCUT2D eigenvalue weighted by molar-refractivity contribution is 6.33. The van der Waals surface area contributed by atoms with Crippen LogP contribution in [0.5, 0.6) is 5.75 Å². The second-order valence-electron chi connectivity index (χ2n) is 8.64. The number of aromatic nitrogens is 2. The van der Waals surface area contributed by atoms with Gasteiger partial charge in [0.05, 0.1) is 21.6 Å². The average Bonchev–Trinajstić information content (AvgIpc) is 3.32. The van der Waals surface area contributed by atoms with Gasteiger partial charge in [0.25, 0.3) is 0 Å². The molecule has 1 aliphatic rings. The Kier molecular flexibility index (Phi) is 5.38. The highest BCUT2D eigenvalue weighted by Crippen LogP contribution is 2.37. The first-order valence-corrected chi connectivity index (χ1v) is 11.7. The highest BCUT2D eigenvalue weighted by Gasteiger charge is 2.30. The number of fused-ring (bicyclic) bond motifs is 2. The summed E-state index contributed by atoms with van der Waals surface area (Å²) in [5.74, 6) is 1.41. The van der Waals surface area contributed by atoms with Gasteiger partial charge in [0, 0.05) is 23.4 Å². The first-order valence-electron chi connectivity index (χ1n) is 11.3. The van der Waals surface area contributed by atoms with Crippen molar-refractivity contribution < 1.29 is 17.9 Å². The van der Waals surface area contributed by atoms with E-state index in [0.717, 1.165) is 51.3 Å². The number of para-hydroxylation sites is 2. The highest BCUT2D eigenvalue weighted by atomic mass is 35.5. The number of alkyl halides is 3. The van der Waals surface area contributed by atoms with E-state index in [1.807, 2.05) is 60.7 Å². The number of halogens is 4. The van der Waals surface area contributed by atoms with Crippen LogP contribution in [0.15, 0.2) is 84.9 Å². The summed E-state index contributed by atoms with van der Waals surface area (Å²) >= 11 is 6.52. The van der Waals surface area contributed by atoms with Crippen LogP contribution in [0, 0.1) is 0 Å². The standard InChI is InChI=1S/C28H19ClF3N3O/c29-23-12-11-21(14-22(23)27-33-24-3-1-2-4-25(24)34-27)35-15-19-6-5-18(13-26(19)36-16-35)17-7-9-20(10-8-17)28(30,31)32/h1-14H,15-16H2,(H,33,34). The summed E-state index contributed by atoms with van der Waals surface area (Å²) in [6, 6.07) is 24.5. The minimum Gasteiger partial charge on any atom is -0.473 e. The molecule has 5 aromatic rings. The number of nitrogens with one attached hydrogen (secondary N) is 1. The van der Waals surface area contributed by atoms with Gasteiger partial charge in [-0.15, -0.1) is 0 Å². The minimum absolute atomic E-state index is 0.324. The number of anilines is 1. The number of benzene rings is 4. The number of H-pyrrole nitrogens is 1. The lowest BCUT2D eigenvalue weighted by Gasteiger charge is -2.31. The van der Waals surface area contributed by atoms with Crippen LogP contribution in [-0.4, -0.2) is 16.7 Å². The molecule has 1 aromatic heterocycles. The Balaban J connectivity index is 1.25. The van der Waals surface area contributed by atoms with Gasteiger partial charge in [-0.2, -0.15) is 13.2 Å². The third-order valence-electron chi connectivity index (χ3n) is 6.31. The number of imidazole rings is 1. The van der Waals surface area contributed by atoms with E-state index in [9.17, 15) is 13.2 Å². The number of hydrogen-bond acceptors (Lipinski definition) is 3. The van der Waals surface area contributed by atoms with E-state index in [-0.39, 0.29) is 0 Å². The van der Waals surface area contributed by atoms with Crippen LogP contribution in [0.2, 0.25) is 5.02 Å². The van der Waals surface area contributed by atoms with Gasteiger partial charge in [-0.05, 0) is 59.7 Å². The molecule has 6 rings (SSSR count). The van der Waals surface area contributed by atoms with E-state index in [2.05, 4.69) is 14.9 Å². The largest absolute Gasteiger partial charge is 0.473 e. The zero-order valence-corrected chi connectivity index (χ0v) is 19.6. The predicted molar refractivity (Wildman–Crippen MR) is 135 cm³/mol. The Bertz CT molecular complexity index is 1540. The molecule has 36 heavy (non-hydrogen) atoms. The molecule has 2 heterocycles. The van der Waals surface area contributed by atoms with Gasteiger partial charge < -0.3 is 14.6 Å². The molecule has 0 spiro atoms. The smallest absolute Gasteiger partial charge is 0.416 e. The van der Waals surface area contributed by atoms with Gasteiger partial charge in [-0.1, -0.05) is 48.0 Å². The average molecular weight is 506 g/mol.